The number of aliphatic hydroxyl groups is 1. The number of benzene rings is 2. The van der Waals surface area contributed by atoms with Gasteiger partial charge in [-0.1, -0.05) is 24.3 Å². The number of nitrogens with zero attached hydrogens (tertiary/aromatic N) is 2. The standard InChI is InChI=1S/C31H36N2O6S/c1-2-36-31-23(7-5-15-34)24(25-19-40-29-8-4-3-6-22(25)29)17-28(39-31)30(35)33-13-11-32(12-14-33)18-21-9-10-26-27(16-21)38-20-37-26/h3-4,6,8-10,16-17,19,23-24,31,34H,2,5,7,11-15,18,20H2,1H3/t23-,24-,31+/m0/s1. The molecule has 212 valence electrons. The monoisotopic (exact) mass is 564 g/mol. The number of allylic oxidation sites excluding steroid dienone is 1. The molecule has 1 fully saturated rings. The predicted molar refractivity (Wildman–Crippen MR) is 153 cm³/mol. The molecule has 0 saturated carbocycles. The van der Waals surface area contributed by atoms with Crippen LogP contribution >= 0.6 is 11.3 Å². The number of aliphatic hydroxyl groups excluding tert-OH is 1. The van der Waals surface area contributed by atoms with Crippen molar-refractivity contribution in [3.8, 4) is 11.5 Å². The molecule has 0 bridgehead atoms. The summed E-state index contributed by atoms with van der Waals surface area (Å²) in [6.45, 7) is 6.42. The van der Waals surface area contributed by atoms with Crippen molar-refractivity contribution >= 4 is 27.3 Å². The van der Waals surface area contributed by atoms with Gasteiger partial charge in [-0.3, -0.25) is 9.69 Å². The van der Waals surface area contributed by atoms with E-state index in [1.807, 2.05) is 30.0 Å². The molecule has 9 heteroatoms. The molecule has 3 aromatic rings. The van der Waals surface area contributed by atoms with E-state index in [1.54, 1.807) is 11.3 Å². The number of carbonyl (C=O) groups excluding carboxylic acids is 1. The molecule has 1 aromatic heterocycles. The van der Waals surface area contributed by atoms with Crippen molar-refractivity contribution in [2.75, 3.05) is 46.2 Å². The van der Waals surface area contributed by atoms with Gasteiger partial charge in [0, 0.05) is 62.5 Å². The fourth-order valence-corrected chi connectivity index (χ4v) is 6.94. The van der Waals surface area contributed by atoms with Crippen LogP contribution in [0.3, 0.4) is 0 Å². The lowest BCUT2D eigenvalue weighted by atomic mass is 9.80. The van der Waals surface area contributed by atoms with Gasteiger partial charge in [0.25, 0.3) is 5.91 Å². The van der Waals surface area contributed by atoms with Crippen LogP contribution in [0.25, 0.3) is 10.1 Å². The molecule has 6 rings (SSSR count). The molecule has 2 aromatic carbocycles. The van der Waals surface area contributed by atoms with Crippen LogP contribution in [-0.4, -0.2) is 73.3 Å². The van der Waals surface area contributed by atoms with Gasteiger partial charge in [-0.15, -0.1) is 11.3 Å². The minimum absolute atomic E-state index is 0.000189. The van der Waals surface area contributed by atoms with E-state index in [0.717, 1.165) is 37.6 Å². The van der Waals surface area contributed by atoms with E-state index < -0.39 is 6.29 Å². The van der Waals surface area contributed by atoms with Crippen LogP contribution in [0.1, 0.15) is 36.8 Å². The normalized spacial score (nSPS) is 22.8. The predicted octanol–water partition coefficient (Wildman–Crippen LogP) is 4.72. The zero-order chi connectivity index (χ0) is 27.5. The number of ether oxygens (including phenoxy) is 4. The quantitative estimate of drug-likeness (QED) is 0.403. The molecule has 3 aliphatic heterocycles. The molecule has 4 heterocycles. The van der Waals surface area contributed by atoms with Gasteiger partial charge in [-0.2, -0.15) is 0 Å². The summed E-state index contributed by atoms with van der Waals surface area (Å²) in [4.78, 5) is 18.0. The van der Waals surface area contributed by atoms with E-state index in [-0.39, 0.29) is 31.1 Å². The fourth-order valence-electron chi connectivity index (χ4n) is 5.93. The number of thiophene rings is 1. The van der Waals surface area contributed by atoms with E-state index in [4.69, 9.17) is 18.9 Å². The second kappa shape index (κ2) is 12.2. The molecule has 0 spiro atoms. The summed E-state index contributed by atoms with van der Waals surface area (Å²) >= 11 is 1.72. The topological polar surface area (TPSA) is 80.7 Å². The summed E-state index contributed by atoms with van der Waals surface area (Å²) in [7, 11) is 0. The number of hydrogen-bond donors (Lipinski definition) is 1. The minimum Gasteiger partial charge on any atom is -0.459 e. The van der Waals surface area contributed by atoms with Gasteiger partial charge >= 0.3 is 0 Å². The van der Waals surface area contributed by atoms with Gasteiger partial charge in [0.2, 0.25) is 13.1 Å². The van der Waals surface area contributed by atoms with E-state index in [2.05, 4.69) is 40.6 Å². The number of hydrogen-bond acceptors (Lipinski definition) is 8. The fraction of sp³-hybridized carbons (Fsp3) is 0.452. The van der Waals surface area contributed by atoms with Gasteiger partial charge < -0.3 is 29.0 Å². The molecule has 40 heavy (non-hydrogen) atoms. The summed E-state index contributed by atoms with van der Waals surface area (Å²) in [5.74, 6) is 1.82. The zero-order valence-corrected chi connectivity index (χ0v) is 23.6. The molecule has 1 saturated heterocycles. The van der Waals surface area contributed by atoms with Crippen molar-refractivity contribution < 1.29 is 28.8 Å². The SMILES string of the molecule is CCO[C@@H]1OC(C(=O)N2CCN(Cc3ccc4c(c3)OCO4)CC2)=C[C@H](c2csc3ccccc23)[C@@H]1CCCO. The zero-order valence-electron chi connectivity index (χ0n) is 22.8. The summed E-state index contributed by atoms with van der Waals surface area (Å²) in [5, 5.41) is 13.0. The van der Waals surface area contributed by atoms with Crippen LogP contribution in [0.5, 0.6) is 11.5 Å². The first-order valence-corrected chi connectivity index (χ1v) is 15.0. The maximum absolute atomic E-state index is 13.8. The highest BCUT2D eigenvalue weighted by molar-refractivity contribution is 7.17. The summed E-state index contributed by atoms with van der Waals surface area (Å²) in [5.41, 5.74) is 2.36. The first-order valence-electron chi connectivity index (χ1n) is 14.1. The number of rotatable bonds is 9. The molecule has 8 nitrogen and oxygen atoms in total. The lowest BCUT2D eigenvalue weighted by Gasteiger charge is -2.39. The first kappa shape index (κ1) is 27.1. The Hall–Kier alpha value is -3.11. The molecule has 3 atom stereocenters. The molecular weight excluding hydrogens is 528 g/mol. The Morgan fingerprint density at radius 3 is 2.75 bits per heavy atom. The van der Waals surface area contributed by atoms with Crippen molar-refractivity contribution in [2.24, 2.45) is 5.92 Å². The maximum atomic E-state index is 13.8. The molecule has 0 radical (unpaired) electrons. The van der Waals surface area contributed by atoms with Crippen LogP contribution in [0.15, 0.2) is 59.7 Å². The second-order valence-corrected chi connectivity index (χ2v) is 11.4. The highest BCUT2D eigenvalue weighted by Crippen LogP contribution is 2.43. The summed E-state index contributed by atoms with van der Waals surface area (Å²) in [6.07, 6.45) is 2.86. The number of piperazine rings is 1. The Bertz CT molecular complexity index is 1360. The smallest absolute Gasteiger partial charge is 0.288 e. The Morgan fingerprint density at radius 1 is 1.10 bits per heavy atom. The molecule has 1 N–H and O–H groups in total. The average molecular weight is 565 g/mol. The summed E-state index contributed by atoms with van der Waals surface area (Å²) in [6, 6.07) is 14.4. The van der Waals surface area contributed by atoms with E-state index in [0.29, 0.717) is 31.9 Å². The highest BCUT2D eigenvalue weighted by Gasteiger charge is 2.40. The van der Waals surface area contributed by atoms with Crippen molar-refractivity contribution in [3.05, 3.63) is 70.8 Å². The largest absolute Gasteiger partial charge is 0.459 e. The lowest BCUT2D eigenvalue weighted by molar-refractivity contribution is -0.170. The molecule has 0 aliphatic carbocycles. The van der Waals surface area contributed by atoms with Crippen LogP contribution in [-0.2, 0) is 20.8 Å². The number of carbonyl (C=O) groups is 1. The molecule has 1 amide bonds. The van der Waals surface area contributed by atoms with Crippen molar-refractivity contribution in [1.82, 2.24) is 9.80 Å². The van der Waals surface area contributed by atoms with Gasteiger partial charge in [-0.25, -0.2) is 0 Å². The Morgan fingerprint density at radius 2 is 1.93 bits per heavy atom. The number of amides is 1. The number of fused-ring (bicyclic) bond motifs is 2. The minimum atomic E-state index is -0.545. The van der Waals surface area contributed by atoms with Crippen LogP contribution in [0, 0.1) is 5.92 Å². The van der Waals surface area contributed by atoms with Gasteiger partial charge in [0.15, 0.2) is 17.3 Å². The Balaban J connectivity index is 1.19. The van der Waals surface area contributed by atoms with E-state index in [1.165, 1.54) is 21.2 Å². The van der Waals surface area contributed by atoms with Crippen molar-refractivity contribution in [3.63, 3.8) is 0 Å². The van der Waals surface area contributed by atoms with E-state index >= 15 is 0 Å². The highest BCUT2D eigenvalue weighted by atomic mass is 32.1. The molecular formula is C31H36N2O6S. The van der Waals surface area contributed by atoms with Crippen LogP contribution < -0.4 is 9.47 Å². The Labute approximate surface area is 238 Å². The maximum Gasteiger partial charge on any atom is 0.288 e. The van der Waals surface area contributed by atoms with Gasteiger partial charge in [-0.05, 0) is 65.9 Å². The van der Waals surface area contributed by atoms with Gasteiger partial charge in [0.1, 0.15) is 0 Å². The third kappa shape index (κ3) is 5.56. The van der Waals surface area contributed by atoms with E-state index in [9.17, 15) is 9.90 Å². The summed E-state index contributed by atoms with van der Waals surface area (Å²) < 4.78 is 24.5. The lowest BCUT2D eigenvalue weighted by Crippen LogP contribution is -2.49. The second-order valence-electron chi connectivity index (χ2n) is 10.5. The third-order valence-corrected chi connectivity index (χ3v) is 8.98. The Kier molecular flexibility index (Phi) is 8.25. The van der Waals surface area contributed by atoms with Crippen molar-refractivity contribution in [2.45, 2.75) is 38.5 Å². The van der Waals surface area contributed by atoms with Crippen LogP contribution in [0.2, 0.25) is 0 Å². The first-order chi connectivity index (χ1) is 19.6. The average Bonchev–Trinajstić information content (AvgIpc) is 3.63. The van der Waals surface area contributed by atoms with Gasteiger partial charge in [0.05, 0.1) is 0 Å². The van der Waals surface area contributed by atoms with Crippen LogP contribution in [0.4, 0.5) is 0 Å². The van der Waals surface area contributed by atoms with Crippen molar-refractivity contribution in [1.29, 1.82) is 0 Å². The third-order valence-electron chi connectivity index (χ3n) is 7.99. The molecule has 3 aliphatic rings. The molecule has 0 unspecified atom stereocenters.